The largest absolute Gasteiger partial charge is 0.325 e. The number of hydrogen-bond acceptors (Lipinski definition) is 5. The van der Waals surface area contributed by atoms with E-state index in [2.05, 4.69) is 20.4 Å². The quantitative estimate of drug-likeness (QED) is 0.873. The zero-order valence-corrected chi connectivity index (χ0v) is 14.0. The second kappa shape index (κ2) is 7.61. The molecule has 7 heteroatoms. The van der Waals surface area contributed by atoms with Crippen LogP contribution in [0.5, 0.6) is 0 Å². The molecule has 3 rings (SSSR count). The predicted octanol–water partition coefficient (Wildman–Crippen LogP) is 1.70. The molecule has 1 aliphatic rings. The first-order valence-electron chi connectivity index (χ1n) is 7.70. The van der Waals surface area contributed by atoms with Crippen molar-refractivity contribution in [1.29, 1.82) is 0 Å². The van der Waals surface area contributed by atoms with Crippen LogP contribution >= 0.6 is 11.8 Å². The zero-order valence-electron chi connectivity index (χ0n) is 13.2. The van der Waals surface area contributed by atoms with E-state index in [4.69, 9.17) is 0 Å². The van der Waals surface area contributed by atoms with E-state index in [1.54, 1.807) is 12.7 Å². The third-order valence-electron chi connectivity index (χ3n) is 3.96. The Morgan fingerprint density at radius 3 is 3.00 bits per heavy atom. The monoisotopic (exact) mass is 331 g/mol. The van der Waals surface area contributed by atoms with E-state index in [0.29, 0.717) is 19.1 Å². The van der Waals surface area contributed by atoms with Gasteiger partial charge in [-0.2, -0.15) is 11.8 Å². The summed E-state index contributed by atoms with van der Waals surface area (Å²) in [4.78, 5) is 14.4. The number of benzene rings is 1. The van der Waals surface area contributed by atoms with Crippen LogP contribution in [-0.4, -0.2) is 56.7 Å². The number of rotatable bonds is 6. The predicted molar refractivity (Wildman–Crippen MR) is 92.6 cm³/mol. The summed E-state index contributed by atoms with van der Waals surface area (Å²) in [6.45, 7) is 1.12. The number of carbonyl (C=O) groups excluding carboxylic acids is 1. The maximum absolute atomic E-state index is 12.2. The number of likely N-dealkylation sites (N-methyl/N-ethyl adjacent to an activating group) is 1. The highest BCUT2D eigenvalue weighted by molar-refractivity contribution is 7.99. The van der Waals surface area contributed by atoms with E-state index < -0.39 is 0 Å². The summed E-state index contributed by atoms with van der Waals surface area (Å²) in [5.74, 6) is 2.35. The van der Waals surface area contributed by atoms with Gasteiger partial charge in [-0.15, -0.1) is 10.2 Å². The lowest BCUT2D eigenvalue weighted by atomic mass is 10.2. The van der Waals surface area contributed by atoms with Gasteiger partial charge in [-0.05, 0) is 36.9 Å². The van der Waals surface area contributed by atoms with Crippen molar-refractivity contribution in [2.75, 3.05) is 30.4 Å². The molecule has 1 amide bonds. The average Bonchev–Trinajstić information content (AvgIpc) is 3.20. The Hall–Kier alpha value is -1.86. The number of anilines is 1. The average molecular weight is 331 g/mol. The Morgan fingerprint density at radius 1 is 1.43 bits per heavy atom. The lowest BCUT2D eigenvalue weighted by Gasteiger charge is -2.22. The third kappa shape index (κ3) is 4.56. The zero-order chi connectivity index (χ0) is 16.1. The maximum atomic E-state index is 12.2. The number of aromatic nitrogens is 3. The van der Waals surface area contributed by atoms with Crippen LogP contribution in [0, 0.1) is 0 Å². The first kappa shape index (κ1) is 16.0. The Morgan fingerprint density at radius 2 is 2.26 bits per heavy atom. The van der Waals surface area contributed by atoms with Gasteiger partial charge in [0, 0.05) is 17.5 Å². The van der Waals surface area contributed by atoms with E-state index in [1.165, 1.54) is 12.2 Å². The van der Waals surface area contributed by atoms with E-state index in [9.17, 15) is 4.79 Å². The molecular formula is C16H21N5OS. The fourth-order valence-electron chi connectivity index (χ4n) is 2.69. The number of nitrogens with zero attached hydrogens (tertiary/aromatic N) is 4. The molecule has 1 saturated heterocycles. The maximum Gasteiger partial charge on any atom is 0.238 e. The molecule has 1 N–H and O–H groups in total. The molecule has 1 aromatic carbocycles. The molecule has 6 nitrogen and oxygen atoms in total. The Kier molecular flexibility index (Phi) is 5.30. The van der Waals surface area contributed by atoms with Crippen LogP contribution in [0.25, 0.3) is 0 Å². The van der Waals surface area contributed by atoms with Gasteiger partial charge in [0.15, 0.2) is 0 Å². The molecule has 0 aliphatic carbocycles. The SMILES string of the molecule is CN(CC(=O)Nc1cccc(Cn2cnnc2)c1)[C@@H]1CCSC1. The lowest BCUT2D eigenvalue weighted by Crippen LogP contribution is -2.38. The third-order valence-corrected chi connectivity index (χ3v) is 5.11. The number of hydrogen-bond donors (Lipinski definition) is 1. The summed E-state index contributed by atoms with van der Waals surface area (Å²) < 4.78 is 1.90. The van der Waals surface area contributed by atoms with Crippen molar-refractivity contribution >= 4 is 23.4 Å². The summed E-state index contributed by atoms with van der Waals surface area (Å²) in [6, 6.07) is 8.40. The summed E-state index contributed by atoms with van der Waals surface area (Å²) >= 11 is 1.96. The van der Waals surface area contributed by atoms with Gasteiger partial charge in [-0.25, -0.2) is 0 Å². The van der Waals surface area contributed by atoms with Crippen molar-refractivity contribution in [3.05, 3.63) is 42.5 Å². The molecule has 2 aromatic rings. The second-order valence-corrected chi connectivity index (χ2v) is 6.97. The first-order chi connectivity index (χ1) is 11.2. The molecular weight excluding hydrogens is 310 g/mol. The van der Waals surface area contributed by atoms with Gasteiger partial charge in [0.05, 0.1) is 13.1 Å². The highest BCUT2D eigenvalue weighted by Gasteiger charge is 2.21. The summed E-state index contributed by atoms with van der Waals surface area (Å²) in [6.07, 6.45) is 4.53. The normalized spacial score (nSPS) is 17.6. The number of amides is 1. The van der Waals surface area contributed by atoms with Crippen molar-refractivity contribution in [2.45, 2.75) is 19.0 Å². The van der Waals surface area contributed by atoms with Gasteiger partial charge in [-0.1, -0.05) is 12.1 Å². The van der Waals surface area contributed by atoms with Crippen LogP contribution in [0.3, 0.4) is 0 Å². The fraction of sp³-hybridized carbons (Fsp3) is 0.438. The highest BCUT2D eigenvalue weighted by Crippen LogP contribution is 2.21. The summed E-state index contributed by atoms with van der Waals surface area (Å²) in [7, 11) is 2.03. The van der Waals surface area contributed by atoms with Gasteiger partial charge in [-0.3, -0.25) is 9.69 Å². The van der Waals surface area contributed by atoms with Crippen molar-refractivity contribution in [2.24, 2.45) is 0 Å². The van der Waals surface area contributed by atoms with E-state index in [0.717, 1.165) is 17.0 Å². The van der Waals surface area contributed by atoms with E-state index >= 15 is 0 Å². The highest BCUT2D eigenvalue weighted by atomic mass is 32.2. The molecule has 122 valence electrons. The number of thioether (sulfide) groups is 1. The van der Waals surface area contributed by atoms with E-state index in [1.807, 2.05) is 47.6 Å². The first-order valence-corrected chi connectivity index (χ1v) is 8.85. The molecule has 0 spiro atoms. The summed E-state index contributed by atoms with van der Waals surface area (Å²) in [5, 5.41) is 10.6. The molecule has 23 heavy (non-hydrogen) atoms. The molecule has 2 heterocycles. The van der Waals surface area contributed by atoms with Crippen LogP contribution in [0.1, 0.15) is 12.0 Å². The molecule has 1 aromatic heterocycles. The van der Waals surface area contributed by atoms with Gasteiger partial charge in [0.2, 0.25) is 5.91 Å². The van der Waals surface area contributed by atoms with Crippen LogP contribution in [-0.2, 0) is 11.3 Å². The smallest absolute Gasteiger partial charge is 0.238 e. The van der Waals surface area contributed by atoms with Crippen LogP contribution in [0.15, 0.2) is 36.9 Å². The molecule has 0 unspecified atom stereocenters. The minimum absolute atomic E-state index is 0.0332. The Bertz CT molecular complexity index is 640. The molecule has 1 aliphatic heterocycles. The van der Waals surface area contributed by atoms with Crippen LogP contribution in [0.4, 0.5) is 5.69 Å². The van der Waals surface area contributed by atoms with Gasteiger partial charge in [0.25, 0.3) is 0 Å². The standard InChI is InChI=1S/C16H21N5OS/c1-20(15-5-6-23-10-15)9-16(22)19-14-4-2-3-13(7-14)8-21-11-17-18-12-21/h2-4,7,11-12,15H,5-6,8-10H2,1H3,(H,19,22)/t15-/m1/s1. The van der Waals surface area contributed by atoms with Gasteiger partial charge in [0.1, 0.15) is 12.7 Å². The van der Waals surface area contributed by atoms with E-state index in [-0.39, 0.29) is 5.91 Å². The number of carbonyl (C=O) groups is 1. The topological polar surface area (TPSA) is 63.1 Å². The van der Waals surface area contributed by atoms with Crippen LogP contribution < -0.4 is 5.32 Å². The molecule has 1 fully saturated rings. The van der Waals surface area contributed by atoms with Crippen LogP contribution in [0.2, 0.25) is 0 Å². The molecule has 0 radical (unpaired) electrons. The number of nitrogens with one attached hydrogen (secondary N) is 1. The molecule has 1 atom stereocenters. The Labute approximate surface area is 140 Å². The van der Waals surface area contributed by atoms with Gasteiger partial charge >= 0.3 is 0 Å². The fourth-order valence-corrected chi connectivity index (χ4v) is 3.99. The molecule has 0 bridgehead atoms. The minimum Gasteiger partial charge on any atom is -0.325 e. The second-order valence-electron chi connectivity index (χ2n) is 5.82. The minimum atomic E-state index is 0.0332. The lowest BCUT2D eigenvalue weighted by molar-refractivity contribution is -0.117. The Balaban J connectivity index is 1.55. The summed E-state index contributed by atoms with van der Waals surface area (Å²) in [5.41, 5.74) is 1.93. The van der Waals surface area contributed by atoms with Crippen molar-refractivity contribution in [3.8, 4) is 0 Å². The van der Waals surface area contributed by atoms with Crippen molar-refractivity contribution in [1.82, 2.24) is 19.7 Å². The van der Waals surface area contributed by atoms with Crippen molar-refractivity contribution in [3.63, 3.8) is 0 Å². The van der Waals surface area contributed by atoms with Crippen molar-refractivity contribution < 1.29 is 4.79 Å². The van der Waals surface area contributed by atoms with Gasteiger partial charge < -0.3 is 9.88 Å². The molecule has 0 saturated carbocycles.